The molecular formula is C15H23N3O3. The highest BCUT2D eigenvalue weighted by Gasteiger charge is 2.35. The molecule has 6 heteroatoms. The third kappa shape index (κ3) is 3.26. The number of piperazine rings is 1. The van der Waals surface area contributed by atoms with Crippen LogP contribution in [0.15, 0.2) is 18.2 Å². The van der Waals surface area contributed by atoms with Crippen LogP contribution in [0.3, 0.4) is 0 Å². The van der Waals surface area contributed by atoms with E-state index in [-0.39, 0.29) is 16.1 Å². The van der Waals surface area contributed by atoms with Gasteiger partial charge in [-0.25, -0.2) is 0 Å². The van der Waals surface area contributed by atoms with Gasteiger partial charge in [-0.1, -0.05) is 13.0 Å². The maximum absolute atomic E-state index is 11.5. The van der Waals surface area contributed by atoms with Crippen molar-refractivity contribution >= 4 is 11.4 Å². The minimum atomic E-state index is -0.335. The highest BCUT2D eigenvalue weighted by atomic mass is 16.6. The second-order valence-electron chi connectivity index (χ2n) is 5.87. The molecule has 1 aromatic carbocycles. The van der Waals surface area contributed by atoms with Gasteiger partial charge in [-0.3, -0.25) is 10.1 Å². The van der Waals surface area contributed by atoms with Gasteiger partial charge in [0.2, 0.25) is 0 Å². The van der Waals surface area contributed by atoms with E-state index in [4.69, 9.17) is 4.74 Å². The summed E-state index contributed by atoms with van der Waals surface area (Å²) in [5.41, 5.74) is 0.535. The largest absolute Gasteiger partial charge is 0.487 e. The van der Waals surface area contributed by atoms with Crippen LogP contribution >= 0.6 is 0 Å². The zero-order chi connectivity index (χ0) is 15.5. The van der Waals surface area contributed by atoms with E-state index in [9.17, 15) is 10.1 Å². The summed E-state index contributed by atoms with van der Waals surface area (Å²) in [6.07, 6.45) is 0.820. The first-order valence-electron chi connectivity index (χ1n) is 7.36. The van der Waals surface area contributed by atoms with E-state index >= 15 is 0 Å². The second kappa shape index (κ2) is 6.30. The molecule has 1 saturated heterocycles. The van der Waals surface area contributed by atoms with Crippen molar-refractivity contribution in [3.05, 3.63) is 28.3 Å². The van der Waals surface area contributed by atoms with Gasteiger partial charge in [0.15, 0.2) is 5.75 Å². The second-order valence-corrected chi connectivity index (χ2v) is 5.87. The number of hydrogen-bond donors (Lipinski definition) is 1. The van der Waals surface area contributed by atoms with Crippen LogP contribution in [0.25, 0.3) is 0 Å². The Hall–Kier alpha value is -1.82. The van der Waals surface area contributed by atoms with E-state index in [0.29, 0.717) is 18.0 Å². The van der Waals surface area contributed by atoms with Crippen molar-refractivity contribution in [1.82, 2.24) is 5.32 Å². The van der Waals surface area contributed by atoms with Crippen molar-refractivity contribution < 1.29 is 9.66 Å². The summed E-state index contributed by atoms with van der Waals surface area (Å²) in [6.45, 7) is 8.99. The van der Waals surface area contributed by atoms with Crippen LogP contribution < -0.4 is 15.0 Å². The van der Waals surface area contributed by atoms with Crippen LogP contribution in [0.1, 0.15) is 27.2 Å². The van der Waals surface area contributed by atoms with Crippen LogP contribution in [0, 0.1) is 10.1 Å². The molecular weight excluding hydrogens is 270 g/mol. The van der Waals surface area contributed by atoms with Gasteiger partial charge in [-0.05, 0) is 32.4 Å². The molecule has 0 spiro atoms. The summed E-state index contributed by atoms with van der Waals surface area (Å²) < 4.78 is 5.56. The molecule has 0 saturated carbocycles. The molecule has 0 atom stereocenters. The molecule has 0 amide bonds. The molecule has 0 aliphatic carbocycles. The van der Waals surface area contributed by atoms with Crippen molar-refractivity contribution in [3.8, 4) is 5.75 Å². The fraction of sp³-hybridized carbons (Fsp3) is 0.600. The monoisotopic (exact) mass is 293 g/mol. The number of para-hydroxylation sites is 1. The van der Waals surface area contributed by atoms with Crippen molar-refractivity contribution in [3.63, 3.8) is 0 Å². The van der Waals surface area contributed by atoms with Crippen LogP contribution in [0.5, 0.6) is 5.75 Å². The third-order valence-corrected chi connectivity index (χ3v) is 3.71. The lowest BCUT2D eigenvalue weighted by atomic mass is 9.98. The van der Waals surface area contributed by atoms with Gasteiger partial charge in [-0.15, -0.1) is 0 Å². The molecule has 1 N–H and O–H groups in total. The Balaban J connectivity index is 2.44. The smallest absolute Gasteiger partial charge is 0.333 e. The summed E-state index contributed by atoms with van der Waals surface area (Å²) >= 11 is 0. The molecule has 2 rings (SSSR count). The number of nitrogens with one attached hydrogen (secondary N) is 1. The number of nitro groups is 1. The summed E-state index contributed by atoms with van der Waals surface area (Å²) in [5, 5.41) is 14.9. The number of benzene rings is 1. The van der Waals surface area contributed by atoms with E-state index in [2.05, 4.69) is 24.1 Å². The standard InChI is InChI=1S/C15H23N3O3/c1-4-10-21-13-7-5-6-12(14(13)18(19)20)17-9-8-16-11-15(17,2)3/h5-7,16H,4,8-11H2,1-3H3. The van der Waals surface area contributed by atoms with Crippen molar-refractivity contribution in [2.45, 2.75) is 32.7 Å². The van der Waals surface area contributed by atoms with E-state index in [1.807, 2.05) is 19.1 Å². The van der Waals surface area contributed by atoms with Gasteiger partial charge in [0.05, 0.1) is 11.5 Å². The third-order valence-electron chi connectivity index (χ3n) is 3.71. The van der Waals surface area contributed by atoms with Crippen molar-refractivity contribution in [1.29, 1.82) is 0 Å². The highest BCUT2D eigenvalue weighted by molar-refractivity contribution is 5.71. The Labute approximate surface area is 125 Å². The molecule has 1 aliphatic rings. The Morgan fingerprint density at radius 1 is 1.48 bits per heavy atom. The lowest BCUT2D eigenvalue weighted by Crippen LogP contribution is -2.58. The molecule has 0 unspecified atom stereocenters. The fourth-order valence-corrected chi connectivity index (χ4v) is 2.67. The summed E-state index contributed by atoms with van der Waals surface area (Å²) in [6, 6.07) is 5.31. The topological polar surface area (TPSA) is 67.6 Å². The number of rotatable bonds is 5. The maximum atomic E-state index is 11.5. The minimum absolute atomic E-state index is 0.0703. The number of anilines is 1. The SMILES string of the molecule is CCCOc1cccc(N2CCNCC2(C)C)c1[N+](=O)[O-]. The normalized spacial score (nSPS) is 17.6. The predicted octanol–water partition coefficient (Wildman–Crippen LogP) is 2.57. The average molecular weight is 293 g/mol. The quantitative estimate of drug-likeness (QED) is 0.667. The highest BCUT2D eigenvalue weighted by Crippen LogP contribution is 2.40. The number of nitrogens with zero attached hydrogens (tertiary/aromatic N) is 2. The van der Waals surface area contributed by atoms with Gasteiger partial charge >= 0.3 is 5.69 Å². The van der Waals surface area contributed by atoms with Crippen molar-refractivity contribution in [2.24, 2.45) is 0 Å². The maximum Gasteiger partial charge on any atom is 0.333 e. The van der Waals surface area contributed by atoms with E-state index in [1.165, 1.54) is 0 Å². The predicted molar refractivity (Wildman–Crippen MR) is 83.2 cm³/mol. The van der Waals surface area contributed by atoms with E-state index < -0.39 is 0 Å². The first-order valence-corrected chi connectivity index (χ1v) is 7.36. The number of hydrogen-bond acceptors (Lipinski definition) is 5. The molecule has 1 fully saturated rings. The Morgan fingerprint density at radius 2 is 2.24 bits per heavy atom. The molecule has 0 radical (unpaired) electrons. The van der Waals surface area contributed by atoms with Gasteiger partial charge in [0.1, 0.15) is 5.69 Å². The van der Waals surface area contributed by atoms with Crippen LogP contribution in [0.4, 0.5) is 11.4 Å². The molecule has 1 aromatic rings. The number of ether oxygens (including phenoxy) is 1. The zero-order valence-corrected chi connectivity index (χ0v) is 12.9. The average Bonchev–Trinajstić information content (AvgIpc) is 2.44. The van der Waals surface area contributed by atoms with Gasteiger partial charge < -0.3 is 15.0 Å². The number of nitro benzene ring substituents is 1. The summed E-state index contributed by atoms with van der Waals surface area (Å²) in [5.74, 6) is 0.355. The summed E-state index contributed by atoms with van der Waals surface area (Å²) in [7, 11) is 0. The molecule has 6 nitrogen and oxygen atoms in total. The van der Waals surface area contributed by atoms with Crippen LogP contribution in [-0.4, -0.2) is 36.7 Å². The van der Waals surface area contributed by atoms with Gasteiger partial charge in [-0.2, -0.15) is 0 Å². The Bertz CT molecular complexity index is 517. The molecule has 116 valence electrons. The molecule has 1 aliphatic heterocycles. The van der Waals surface area contributed by atoms with Gasteiger partial charge in [0.25, 0.3) is 0 Å². The summed E-state index contributed by atoms with van der Waals surface area (Å²) in [4.78, 5) is 13.3. The van der Waals surface area contributed by atoms with E-state index in [1.54, 1.807) is 6.07 Å². The fourth-order valence-electron chi connectivity index (χ4n) is 2.67. The molecule has 21 heavy (non-hydrogen) atoms. The Kier molecular flexibility index (Phi) is 4.67. The van der Waals surface area contributed by atoms with Crippen LogP contribution in [-0.2, 0) is 0 Å². The van der Waals surface area contributed by atoms with Crippen molar-refractivity contribution in [2.75, 3.05) is 31.1 Å². The Morgan fingerprint density at radius 3 is 2.86 bits per heavy atom. The molecule has 1 heterocycles. The first kappa shape index (κ1) is 15.6. The minimum Gasteiger partial charge on any atom is -0.487 e. The lowest BCUT2D eigenvalue weighted by molar-refractivity contribution is -0.385. The van der Waals surface area contributed by atoms with Gasteiger partial charge in [0, 0.05) is 25.2 Å². The first-order chi connectivity index (χ1) is 9.97. The van der Waals surface area contributed by atoms with Crippen LogP contribution in [0.2, 0.25) is 0 Å². The lowest BCUT2D eigenvalue weighted by Gasteiger charge is -2.44. The molecule has 0 aromatic heterocycles. The van der Waals surface area contributed by atoms with E-state index in [0.717, 1.165) is 26.1 Å². The molecule has 0 bridgehead atoms. The zero-order valence-electron chi connectivity index (χ0n) is 12.9.